The number of thiazole rings is 1. The summed E-state index contributed by atoms with van der Waals surface area (Å²) in [7, 11) is 0. The Morgan fingerprint density at radius 3 is 2.67 bits per heavy atom. The van der Waals surface area contributed by atoms with Crippen molar-refractivity contribution in [2.75, 3.05) is 6.54 Å². The molecule has 1 aliphatic carbocycles. The Morgan fingerprint density at radius 2 is 2.08 bits per heavy atom. The fourth-order valence-electron chi connectivity index (χ4n) is 2.79. The van der Waals surface area contributed by atoms with Crippen molar-refractivity contribution in [1.82, 2.24) is 10.3 Å². The molecule has 3 N–H and O–H groups in total. The maximum atomic E-state index is 12.5. The van der Waals surface area contributed by atoms with Crippen LogP contribution in [0.2, 0.25) is 5.02 Å². The second-order valence-corrected chi connectivity index (χ2v) is 7.24. The van der Waals surface area contributed by atoms with Crippen LogP contribution in [0.1, 0.15) is 46.4 Å². The molecule has 0 saturated heterocycles. The van der Waals surface area contributed by atoms with Crippen LogP contribution >= 0.6 is 35.3 Å². The lowest BCUT2D eigenvalue weighted by atomic mass is 9.77. The van der Waals surface area contributed by atoms with Gasteiger partial charge in [0.05, 0.1) is 11.0 Å². The minimum Gasteiger partial charge on any atom is -0.344 e. The summed E-state index contributed by atoms with van der Waals surface area (Å²) in [6.07, 6.45) is 4.22. The highest BCUT2D eigenvalue weighted by molar-refractivity contribution is 7.09. The van der Waals surface area contributed by atoms with Crippen LogP contribution in [0.25, 0.3) is 0 Å². The van der Waals surface area contributed by atoms with Crippen molar-refractivity contribution < 1.29 is 4.79 Å². The second-order valence-electron chi connectivity index (χ2n) is 5.86. The summed E-state index contributed by atoms with van der Waals surface area (Å²) in [5.74, 6) is 0.374. The number of nitrogens with one attached hydrogen (secondary N) is 1. The average Bonchev–Trinajstić information content (AvgIpc) is 2.95. The number of benzene rings is 1. The van der Waals surface area contributed by atoms with Crippen LogP contribution in [0.3, 0.4) is 0 Å². The van der Waals surface area contributed by atoms with Gasteiger partial charge in [0.1, 0.15) is 5.69 Å². The van der Waals surface area contributed by atoms with Gasteiger partial charge in [-0.1, -0.05) is 30.2 Å². The fourth-order valence-corrected chi connectivity index (χ4v) is 3.71. The molecule has 1 saturated carbocycles. The summed E-state index contributed by atoms with van der Waals surface area (Å²) < 4.78 is 0. The summed E-state index contributed by atoms with van der Waals surface area (Å²) >= 11 is 7.46. The van der Waals surface area contributed by atoms with E-state index in [-0.39, 0.29) is 24.4 Å². The molecular weight excluding hydrogens is 365 g/mol. The lowest BCUT2D eigenvalue weighted by Crippen LogP contribution is -2.36. The topological polar surface area (TPSA) is 68.0 Å². The van der Waals surface area contributed by atoms with Gasteiger partial charge in [0.25, 0.3) is 5.91 Å². The quantitative estimate of drug-likeness (QED) is 0.789. The van der Waals surface area contributed by atoms with Gasteiger partial charge in [0.2, 0.25) is 0 Å². The summed E-state index contributed by atoms with van der Waals surface area (Å²) in [6, 6.07) is 7.75. The molecule has 0 bridgehead atoms. The van der Waals surface area contributed by atoms with Gasteiger partial charge in [-0.3, -0.25) is 4.79 Å². The van der Waals surface area contributed by atoms with Crippen molar-refractivity contribution in [3.63, 3.8) is 0 Å². The number of aromatic nitrogens is 1. The van der Waals surface area contributed by atoms with E-state index in [4.69, 9.17) is 17.3 Å². The molecule has 2 aromatic rings. The van der Waals surface area contributed by atoms with Crippen LogP contribution in [-0.2, 0) is 6.42 Å². The molecule has 1 aromatic heterocycles. The van der Waals surface area contributed by atoms with Crippen LogP contribution in [0.15, 0.2) is 29.6 Å². The number of amides is 1. The zero-order valence-electron chi connectivity index (χ0n) is 13.2. The largest absolute Gasteiger partial charge is 0.344 e. The molecule has 0 radical (unpaired) electrons. The molecule has 1 aromatic carbocycles. The van der Waals surface area contributed by atoms with E-state index >= 15 is 0 Å². The predicted octanol–water partition coefficient (Wildman–Crippen LogP) is 3.99. The number of carbonyl (C=O) groups excluding carboxylic acids is 1. The molecule has 7 heteroatoms. The van der Waals surface area contributed by atoms with E-state index < -0.39 is 0 Å². The van der Waals surface area contributed by atoms with Crippen molar-refractivity contribution in [2.24, 2.45) is 11.7 Å². The molecule has 1 aliphatic rings. The van der Waals surface area contributed by atoms with Gasteiger partial charge < -0.3 is 11.1 Å². The molecule has 0 spiro atoms. The molecule has 1 amide bonds. The maximum absolute atomic E-state index is 12.5. The Kier molecular flexibility index (Phi) is 7.04. The van der Waals surface area contributed by atoms with E-state index in [1.54, 1.807) is 5.38 Å². The van der Waals surface area contributed by atoms with Crippen molar-refractivity contribution in [1.29, 1.82) is 0 Å². The van der Waals surface area contributed by atoms with Gasteiger partial charge in [0.15, 0.2) is 0 Å². The number of rotatable bonds is 6. The molecule has 3 rings (SSSR count). The number of carbonyl (C=O) groups is 1. The van der Waals surface area contributed by atoms with Gasteiger partial charge in [0, 0.05) is 16.8 Å². The number of nitrogens with two attached hydrogens (primary N) is 1. The van der Waals surface area contributed by atoms with Gasteiger partial charge in [-0.15, -0.1) is 23.7 Å². The Morgan fingerprint density at radius 1 is 1.38 bits per heavy atom. The highest BCUT2D eigenvalue weighted by atomic mass is 35.5. The van der Waals surface area contributed by atoms with Crippen molar-refractivity contribution >= 4 is 41.3 Å². The van der Waals surface area contributed by atoms with Crippen molar-refractivity contribution in [2.45, 2.75) is 31.7 Å². The number of hydrogen-bond acceptors (Lipinski definition) is 4. The number of hydrogen-bond donors (Lipinski definition) is 2. The number of nitrogens with zero attached hydrogens (tertiary/aromatic N) is 1. The fraction of sp³-hybridized carbons (Fsp3) is 0.412. The SMILES string of the molecule is Cl.NCCc1nc(C(=O)NC(c2ccc(Cl)cc2)C2CCC2)cs1. The molecular formula is C17H21Cl2N3OS. The maximum Gasteiger partial charge on any atom is 0.271 e. The van der Waals surface area contributed by atoms with Crippen LogP contribution in [0, 0.1) is 5.92 Å². The third-order valence-electron chi connectivity index (χ3n) is 4.28. The van der Waals surface area contributed by atoms with Gasteiger partial charge >= 0.3 is 0 Å². The molecule has 24 heavy (non-hydrogen) atoms. The average molecular weight is 386 g/mol. The van der Waals surface area contributed by atoms with Crippen LogP contribution in [0.4, 0.5) is 0 Å². The summed E-state index contributed by atoms with van der Waals surface area (Å²) in [5.41, 5.74) is 7.12. The smallest absolute Gasteiger partial charge is 0.271 e. The molecule has 1 heterocycles. The first kappa shape index (κ1) is 19.2. The standard InChI is InChI=1S/C17H20ClN3OS.ClH/c18-13-6-4-12(5-7-13)16(11-2-1-3-11)21-17(22)14-10-23-15(20-14)8-9-19;/h4-7,10-11,16H,1-3,8-9,19H2,(H,21,22);1H. The third kappa shape index (κ3) is 4.48. The minimum atomic E-state index is -0.114. The highest BCUT2D eigenvalue weighted by Crippen LogP contribution is 2.38. The molecule has 1 atom stereocenters. The Hall–Kier alpha value is -1.14. The summed E-state index contributed by atoms with van der Waals surface area (Å²) in [5, 5.41) is 6.58. The normalized spacial score (nSPS) is 15.2. The van der Waals surface area contributed by atoms with Crippen LogP contribution in [-0.4, -0.2) is 17.4 Å². The lowest BCUT2D eigenvalue weighted by molar-refractivity contribution is 0.0896. The lowest BCUT2D eigenvalue weighted by Gasteiger charge is -2.34. The van der Waals surface area contributed by atoms with E-state index in [9.17, 15) is 4.79 Å². The van der Waals surface area contributed by atoms with Crippen molar-refractivity contribution in [3.05, 3.63) is 50.9 Å². The Balaban J connectivity index is 0.00000208. The van der Waals surface area contributed by atoms with Gasteiger partial charge in [-0.25, -0.2) is 4.98 Å². The first-order valence-electron chi connectivity index (χ1n) is 7.88. The zero-order chi connectivity index (χ0) is 16.2. The molecule has 1 unspecified atom stereocenters. The molecule has 4 nitrogen and oxygen atoms in total. The zero-order valence-corrected chi connectivity index (χ0v) is 15.6. The number of halogens is 2. The minimum absolute atomic E-state index is 0. The first-order valence-corrected chi connectivity index (χ1v) is 9.14. The van der Waals surface area contributed by atoms with E-state index in [1.165, 1.54) is 17.8 Å². The first-order chi connectivity index (χ1) is 11.2. The second kappa shape index (κ2) is 8.81. The van der Waals surface area contributed by atoms with Crippen LogP contribution in [0.5, 0.6) is 0 Å². The molecule has 0 aliphatic heterocycles. The monoisotopic (exact) mass is 385 g/mol. The van der Waals surface area contributed by atoms with E-state index in [2.05, 4.69) is 10.3 Å². The summed E-state index contributed by atoms with van der Waals surface area (Å²) in [4.78, 5) is 16.9. The van der Waals surface area contributed by atoms with Gasteiger partial charge in [-0.05, 0) is 43.0 Å². The van der Waals surface area contributed by atoms with E-state index in [0.717, 1.165) is 23.4 Å². The van der Waals surface area contributed by atoms with E-state index in [1.807, 2.05) is 24.3 Å². The highest BCUT2D eigenvalue weighted by Gasteiger charge is 2.30. The van der Waals surface area contributed by atoms with Crippen molar-refractivity contribution in [3.8, 4) is 0 Å². The molecule has 1 fully saturated rings. The molecule has 130 valence electrons. The van der Waals surface area contributed by atoms with Gasteiger partial charge in [-0.2, -0.15) is 0 Å². The van der Waals surface area contributed by atoms with Crippen LogP contribution < -0.4 is 11.1 Å². The summed E-state index contributed by atoms with van der Waals surface area (Å²) in [6.45, 7) is 0.546. The Labute approximate surface area is 157 Å². The van der Waals surface area contributed by atoms with E-state index in [0.29, 0.717) is 29.6 Å². The Bertz CT molecular complexity index is 671. The third-order valence-corrected chi connectivity index (χ3v) is 5.44. The predicted molar refractivity (Wildman–Crippen MR) is 101 cm³/mol.